The number of halogens is 1. The fourth-order valence-corrected chi connectivity index (χ4v) is 6.20. The average molecular weight is 489 g/mol. The van der Waals surface area contributed by atoms with Gasteiger partial charge in [0.25, 0.3) is 5.91 Å². The molecule has 1 atom stereocenters. The van der Waals surface area contributed by atoms with Gasteiger partial charge in [0, 0.05) is 25.2 Å². The number of carbonyl (C=O) groups is 1. The second-order valence-electron chi connectivity index (χ2n) is 10.4. The van der Waals surface area contributed by atoms with E-state index in [9.17, 15) is 17.6 Å². The molecule has 1 fully saturated rings. The van der Waals surface area contributed by atoms with Gasteiger partial charge in [-0.15, -0.1) is 0 Å². The number of nitrogens with one attached hydrogen (secondary N) is 1. The lowest BCUT2D eigenvalue weighted by molar-refractivity contribution is 0.0860. The lowest BCUT2D eigenvalue weighted by Gasteiger charge is -2.38. The summed E-state index contributed by atoms with van der Waals surface area (Å²) in [4.78, 5) is 17.4. The quantitative estimate of drug-likeness (QED) is 0.567. The van der Waals surface area contributed by atoms with Crippen molar-refractivity contribution in [1.29, 1.82) is 0 Å². The van der Waals surface area contributed by atoms with E-state index in [1.54, 1.807) is 31.2 Å². The fourth-order valence-electron chi connectivity index (χ4n) is 4.19. The normalized spacial score (nSPS) is 17.7. The number of sulfone groups is 1. The van der Waals surface area contributed by atoms with Crippen LogP contribution in [0.5, 0.6) is 5.75 Å². The van der Waals surface area contributed by atoms with E-state index >= 15 is 0 Å². The van der Waals surface area contributed by atoms with Crippen molar-refractivity contribution in [3.63, 3.8) is 0 Å². The van der Waals surface area contributed by atoms with Gasteiger partial charge in [-0.05, 0) is 30.5 Å². The van der Waals surface area contributed by atoms with Gasteiger partial charge in [0.2, 0.25) is 6.36 Å². The monoisotopic (exact) mass is 488 g/mol. The number of alkyl halides is 1. The molecule has 1 unspecified atom stereocenters. The highest BCUT2D eigenvalue weighted by molar-refractivity contribution is 7.93. The Morgan fingerprint density at radius 3 is 2.62 bits per heavy atom. The van der Waals surface area contributed by atoms with Crippen molar-refractivity contribution in [2.75, 3.05) is 11.5 Å². The van der Waals surface area contributed by atoms with Gasteiger partial charge >= 0.3 is 0 Å². The van der Waals surface area contributed by atoms with Gasteiger partial charge in [0.15, 0.2) is 9.84 Å². The van der Waals surface area contributed by atoms with Crippen LogP contribution in [0.15, 0.2) is 36.5 Å². The molecule has 1 aliphatic heterocycles. The number of rotatable bonds is 6. The third-order valence-electron chi connectivity index (χ3n) is 5.38. The standard InChI is InChI=1S/C24H29FN4O4S/c1-15(25)33-18-8-6-7-16(9-18)20-21-19(29(28-20)12-23(2,3)4)10-17(11-26-21)22(30)27-24(5)13-34(31,32)14-24/h6-11,15H,12-14H2,1-5H3,(H,27,30). The topological polar surface area (TPSA) is 103 Å². The largest absolute Gasteiger partial charge is 0.461 e. The molecule has 4 rings (SSSR count). The molecule has 1 amide bonds. The van der Waals surface area contributed by atoms with Crippen LogP contribution in [0, 0.1) is 5.41 Å². The van der Waals surface area contributed by atoms with Crippen LogP contribution in [0.3, 0.4) is 0 Å². The van der Waals surface area contributed by atoms with E-state index in [0.717, 1.165) is 0 Å². The Morgan fingerprint density at radius 2 is 2.00 bits per heavy atom. The molecule has 1 N–H and O–H groups in total. The summed E-state index contributed by atoms with van der Waals surface area (Å²) in [7, 11) is -3.10. The Balaban J connectivity index is 1.74. The van der Waals surface area contributed by atoms with Crippen molar-refractivity contribution in [1.82, 2.24) is 20.1 Å². The summed E-state index contributed by atoms with van der Waals surface area (Å²) < 4.78 is 43.5. The molecule has 2 aromatic heterocycles. The van der Waals surface area contributed by atoms with Crippen molar-refractivity contribution in [2.24, 2.45) is 5.41 Å². The summed E-state index contributed by atoms with van der Waals surface area (Å²) in [5.74, 6) is -0.165. The average Bonchev–Trinajstić information content (AvgIpc) is 3.02. The molecule has 0 spiro atoms. The number of pyridine rings is 1. The Labute approximate surface area is 198 Å². The van der Waals surface area contributed by atoms with Gasteiger partial charge in [0.05, 0.1) is 28.1 Å². The first kappa shape index (κ1) is 24.1. The van der Waals surface area contributed by atoms with E-state index in [1.165, 1.54) is 13.1 Å². The van der Waals surface area contributed by atoms with E-state index in [1.807, 2.05) is 10.7 Å². The van der Waals surface area contributed by atoms with Gasteiger partial charge in [-0.1, -0.05) is 32.9 Å². The van der Waals surface area contributed by atoms with Crippen molar-refractivity contribution >= 4 is 26.8 Å². The van der Waals surface area contributed by atoms with Crippen LogP contribution >= 0.6 is 0 Å². The summed E-state index contributed by atoms with van der Waals surface area (Å²) in [6.45, 7) is 9.85. The van der Waals surface area contributed by atoms with Crippen LogP contribution in [0.4, 0.5) is 4.39 Å². The minimum absolute atomic E-state index is 0.0799. The summed E-state index contributed by atoms with van der Waals surface area (Å²) >= 11 is 0. The molecule has 8 nitrogen and oxygen atoms in total. The molecule has 0 radical (unpaired) electrons. The van der Waals surface area contributed by atoms with E-state index < -0.39 is 21.7 Å². The lowest BCUT2D eigenvalue weighted by Crippen LogP contribution is -2.63. The van der Waals surface area contributed by atoms with Crippen LogP contribution in [-0.4, -0.2) is 52.5 Å². The molecule has 1 saturated heterocycles. The fraction of sp³-hybridized carbons (Fsp3) is 0.458. The maximum atomic E-state index is 13.3. The van der Waals surface area contributed by atoms with Gasteiger partial charge in [-0.3, -0.25) is 14.5 Å². The maximum absolute atomic E-state index is 13.3. The highest BCUT2D eigenvalue weighted by atomic mass is 32.2. The second-order valence-corrected chi connectivity index (χ2v) is 12.5. The molecule has 34 heavy (non-hydrogen) atoms. The summed E-state index contributed by atoms with van der Waals surface area (Å²) in [6, 6.07) is 8.71. The second kappa shape index (κ2) is 8.33. The Hall–Kier alpha value is -3.01. The van der Waals surface area contributed by atoms with Gasteiger partial charge in [0.1, 0.15) is 17.0 Å². The zero-order valence-corrected chi connectivity index (χ0v) is 20.7. The molecule has 10 heteroatoms. The van der Waals surface area contributed by atoms with E-state index in [0.29, 0.717) is 40.1 Å². The zero-order chi connectivity index (χ0) is 24.9. The number of hydrogen-bond donors (Lipinski definition) is 1. The van der Waals surface area contributed by atoms with Gasteiger partial charge in [-0.2, -0.15) is 5.10 Å². The van der Waals surface area contributed by atoms with E-state index in [-0.39, 0.29) is 22.8 Å². The Kier molecular flexibility index (Phi) is 5.91. The molecular formula is C24H29FN4O4S. The number of hydrogen-bond acceptors (Lipinski definition) is 6. The molecule has 3 aromatic rings. The number of ether oxygens (including phenoxy) is 1. The predicted molar refractivity (Wildman–Crippen MR) is 128 cm³/mol. The minimum atomic E-state index is -3.10. The summed E-state index contributed by atoms with van der Waals surface area (Å²) in [6.07, 6.45) is 0.0160. The molecule has 182 valence electrons. The number of benzene rings is 1. The van der Waals surface area contributed by atoms with Crippen molar-refractivity contribution in [3.8, 4) is 17.0 Å². The van der Waals surface area contributed by atoms with Crippen molar-refractivity contribution < 1.29 is 22.3 Å². The molecule has 0 aliphatic carbocycles. The highest BCUT2D eigenvalue weighted by Crippen LogP contribution is 2.31. The molecule has 3 heterocycles. The van der Waals surface area contributed by atoms with Crippen LogP contribution < -0.4 is 10.1 Å². The van der Waals surface area contributed by atoms with Gasteiger partial charge in [-0.25, -0.2) is 12.8 Å². The summed E-state index contributed by atoms with van der Waals surface area (Å²) in [5, 5.41) is 7.60. The van der Waals surface area contributed by atoms with Crippen LogP contribution in [0.2, 0.25) is 0 Å². The van der Waals surface area contributed by atoms with E-state index in [4.69, 9.17) is 9.84 Å². The SMILES string of the molecule is CC(F)Oc1cccc(-c2nn(CC(C)(C)C)c3cc(C(=O)NC4(C)CS(=O)(=O)C4)cnc23)c1. The smallest absolute Gasteiger partial charge is 0.253 e. The Morgan fingerprint density at radius 1 is 1.29 bits per heavy atom. The molecule has 0 bridgehead atoms. The Bertz CT molecular complexity index is 1350. The predicted octanol–water partition coefficient (Wildman–Crippen LogP) is 3.76. The number of carbonyl (C=O) groups excluding carboxylic acids is 1. The number of aromatic nitrogens is 3. The van der Waals surface area contributed by atoms with Crippen LogP contribution in [-0.2, 0) is 16.4 Å². The van der Waals surface area contributed by atoms with Crippen molar-refractivity contribution in [2.45, 2.75) is 53.1 Å². The first-order valence-corrected chi connectivity index (χ1v) is 12.9. The van der Waals surface area contributed by atoms with Gasteiger partial charge < -0.3 is 10.1 Å². The maximum Gasteiger partial charge on any atom is 0.253 e. The number of amides is 1. The van der Waals surface area contributed by atoms with Crippen molar-refractivity contribution in [3.05, 3.63) is 42.1 Å². The van der Waals surface area contributed by atoms with Crippen LogP contribution in [0.1, 0.15) is 45.0 Å². The third-order valence-corrected chi connectivity index (χ3v) is 7.53. The van der Waals surface area contributed by atoms with E-state index in [2.05, 4.69) is 31.1 Å². The van der Waals surface area contributed by atoms with Crippen LogP contribution in [0.25, 0.3) is 22.3 Å². The molecule has 1 aromatic carbocycles. The molecular weight excluding hydrogens is 459 g/mol. The first-order valence-electron chi connectivity index (χ1n) is 11.0. The summed E-state index contributed by atoms with van der Waals surface area (Å²) in [5.41, 5.74) is 2.03. The molecule has 1 aliphatic rings. The zero-order valence-electron chi connectivity index (χ0n) is 19.9. The third kappa shape index (κ3) is 5.22. The molecule has 0 saturated carbocycles. The number of nitrogens with zero attached hydrogens (tertiary/aromatic N) is 3. The minimum Gasteiger partial charge on any atom is -0.461 e. The first-order chi connectivity index (χ1) is 15.7. The lowest BCUT2D eigenvalue weighted by atomic mass is 9.97. The number of fused-ring (bicyclic) bond motifs is 1. The highest BCUT2D eigenvalue weighted by Gasteiger charge is 2.45.